The van der Waals surface area contributed by atoms with Crippen molar-refractivity contribution in [3.8, 4) is 22.6 Å². The zero-order chi connectivity index (χ0) is 21.2. The van der Waals surface area contributed by atoms with Gasteiger partial charge in [0.25, 0.3) is 5.91 Å². The van der Waals surface area contributed by atoms with Gasteiger partial charge in [-0.25, -0.2) is 9.37 Å². The molecule has 0 spiro atoms. The van der Waals surface area contributed by atoms with Crippen LogP contribution in [0.2, 0.25) is 0 Å². The second-order valence-electron chi connectivity index (χ2n) is 7.06. The molecule has 152 valence electrons. The van der Waals surface area contributed by atoms with Gasteiger partial charge in [0.1, 0.15) is 12.1 Å². The van der Waals surface area contributed by atoms with E-state index < -0.39 is 0 Å². The number of carbonyl (C=O) groups is 1. The molecule has 0 aliphatic heterocycles. The third-order valence-corrected chi connectivity index (χ3v) is 5.02. The molecule has 7 nitrogen and oxygen atoms in total. The van der Waals surface area contributed by atoms with Gasteiger partial charge < -0.3 is 5.32 Å². The van der Waals surface area contributed by atoms with Crippen LogP contribution in [0.25, 0.3) is 33.5 Å². The standard InChI is InChI=1S/C23H17FN6O/c24-18-7-4-14(5-8-18)12-25-23(31)17-3-1-2-15(10-17)21-19-11-16(22-26-13-27-30-22)6-9-20(19)28-29-21/h1-11,13H,12H2,(H,25,31)(H,28,29)(H,26,27,30). The van der Waals surface area contributed by atoms with Crippen molar-refractivity contribution in [3.63, 3.8) is 0 Å². The highest BCUT2D eigenvalue weighted by Gasteiger charge is 2.13. The number of aromatic nitrogens is 5. The van der Waals surface area contributed by atoms with E-state index in [4.69, 9.17) is 0 Å². The maximum Gasteiger partial charge on any atom is 0.251 e. The van der Waals surface area contributed by atoms with E-state index in [1.54, 1.807) is 24.3 Å². The Kier molecular flexibility index (Phi) is 4.72. The number of nitrogens with one attached hydrogen (secondary N) is 3. The zero-order valence-corrected chi connectivity index (χ0v) is 16.3. The zero-order valence-electron chi connectivity index (χ0n) is 16.3. The summed E-state index contributed by atoms with van der Waals surface area (Å²) in [5, 5.41) is 18.0. The first-order chi connectivity index (χ1) is 15.2. The van der Waals surface area contributed by atoms with Crippen molar-refractivity contribution in [2.24, 2.45) is 0 Å². The molecule has 0 saturated carbocycles. The van der Waals surface area contributed by atoms with E-state index in [2.05, 4.69) is 30.7 Å². The van der Waals surface area contributed by atoms with Crippen molar-refractivity contribution in [1.29, 1.82) is 0 Å². The molecule has 8 heteroatoms. The monoisotopic (exact) mass is 412 g/mol. The van der Waals surface area contributed by atoms with Crippen LogP contribution in [-0.2, 0) is 6.54 Å². The molecule has 2 heterocycles. The Morgan fingerprint density at radius 2 is 1.84 bits per heavy atom. The Morgan fingerprint density at radius 3 is 2.65 bits per heavy atom. The van der Waals surface area contributed by atoms with Crippen LogP contribution >= 0.6 is 0 Å². The van der Waals surface area contributed by atoms with E-state index >= 15 is 0 Å². The SMILES string of the molecule is O=C(NCc1ccc(F)cc1)c1cccc(-c2n[nH]c3ccc(-c4ncn[nH]4)cc23)c1. The number of hydrogen-bond donors (Lipinski definition) is 3. The summed E-state index contributed by atoms with van der Waals surface area (Å²) >= 11 is 0. The van der Waals surface area contributed by atoms with Gasteiger partial charge in [0.05, 0.1) is 11.2 Å². The van der Waals surface area contributed by atoms with Gasteiger partial charge in [-0.15, -0.1) is 0 Å². The molecule has 0 atom stereocenters. The number of halogens is 1. The Morgan fingerprint density at radius 1 is 0.968 bits per heavy atom. The second kappa shape index (κ2) is 7.83. The Hall–Kier alpha value is -4.33. The summed E-state index contributed by atoms with van der Waals surface area (Å²) in [7, 11) is 0. The Bertz CT molecular complexity index is 1360. The number of amides is 1. The summed E-state index contributed by atoms with van der Waals surface area (Å²) in [5.74, 6) is 0.150. The van der Waals surface area contributed by atoms with Gasteiger partial charge in [-0.2, -0.15) is 10.2 Å². The lowest BCUT2D eigenvalue weighted by Crippen LogP contribution is -2.22. The number of H-pyrrole nitrogens is 2. The molecular formula is C23H17FN6O. The van der Waals surface area contributed by atoms with E-state index in [9.17, 15) is 9.18 Å². The van der Waals surface area contributed by atoms with Crippen LogP contribution in [0.3, 0.4) is 0 Å². The predicted octanol–water partition coefficient (Wildman–Crippen LogP) is 4.08. The number of hydrogen-bond acceptors (Lipinski definition) is 4. The molecule has 0 aliphatic carbocycles. The van der Waals surface area contributed by atoms with Crippen molar-refractivity contribution in [1.82, 2.24) is 30.7 Å². The maximum absolute atomic E-state index is 13.0. The molecule has 3 N–H and O–H groups in total. The van der Waals surface area contributed by atoms with Crippen molar-refractivity contribution < 1.29 is 9.18 Å². The van der Waals surface area contributed by atoms with Crippen LogP contribution in [0.4, 0.5) is 4.39 Å². The Labute approximate surface area is 176 Å². The van der Waals surface area contributed by atoms with Crippen LogP contribution in [0.5, 0.6) is 0 Å². The molecule has 5 aromatic rings. The highest BCUT2D eigenvalue weighted by molar-refractivity contribution is 5.98. The van der Waals surface area contributed by atoms with Gasteiger partial charge in [-0.1, -0.05) is 24.3 Å². The fourth-order valence-electron chi connectivity index (χ4n) is 3.42. The first kappa shape index (κ1) is 18.7. The van der Waals surface area contributed by atoms with Crippen molar-refractivity contribution >= 4 is 16.8 Å². The molecule has 1 amide bonds. The number of fused-ring (bicyclic) bond motifs is 1. The minimum atomic E-state index is -0.305. The first-order valence-corrected chi connectivity index (χ1v) is 9.64. The fraction of sp³-hybridized carbons (Fsp3) is 0.0435. The number of aromatic amines is 2. The largest absolute Gasteiger partial charge is 0.348 e. The molecule has 2 aromatic heterocycles. The summed E-state index contributed by atoms with van der Waals surface area (Å²) in [4.78, 5) is 16.8. The fourth-order valence-corrected chi connectivity index (χ4v) is 3.42. The van der Waals surface area contributed by atoms with Crippen molar-refractivity contribution in [2.45, 2.75) is 6.54 Å². The van der Waals surface area contributed by atoms with E-state index in [0.717, 1.165) is 33.3 Å². The second-order valence-corrected chi connectivity index (χ2v) is 7.06. The maximum atomic E-state index is 13.0. The van der Waals surface area contributed by atoms with Gasteiger partial charge in [0.2, 0.25) is 0 Å². The molecular weight excluding hydrogens is 395 g/mol. The minimum absolute atomic E-state index is 0.214. The molecule has 0 bridgehead atoms. The van der Waals surface area contributed by atoms with E-state index in [1.165, 1.54) is 18.5 Å². The summed E-state index contributed by atoms with van der Waals surface area (Å²) < 4.78 is 13.0. The number of nitrogens with zero attached hydrogens (tertiary/aromatic N) is 3. The van der Waals surface area contributed by atoms with Crippen molar-refractivity contribution in [3.05, 3.63) is 90.0 Å². The van der Waals surface area contributed by atoms with Crippen molar-refractivity contribution in [2.75, 3.05) is 0 Å². The average molecular weight is 412 g/mol. The van der Waals surface area contributed by atoms with Gasteiger partial charge >= 0.3 is 0 Å². The first-order valence-electron chi connectivity index (χ1n) is 9.64. The lowest BCUT2D eigenvalue weighted by molar-refractivity contribution is 0.0951. The summed E-state index contributed by atoms with van der Waals surface area (Å²) in [6.45, 7) is 0.315. The molecule has 0 fully saturated rings. The quantitative estimate of drug-likeness (QED) is 0.405. The molecule has 0 radical (unpaired) electrons. The topological polar surface area (TPSA) is 99.3 Å². The van der Waals surface area contributed by atoms with E-state index in [1.807, 2.05) is 30.3 Å². The van der Waals surface area contributed by atoms with E-state index in [-0.39, 0.29) is 11.7 Å². The van der Waals surface area contributed by atoms with Gasteiger partial charge in [0.15, 0.2) is 5.82 Å². The molecule has 0 aliphatic rings. The van der Waals surface area contributed by atoms with Crippen LogP contribution in [0, 0.1) is 5.82 Å². The molecule has 31 heavy (non-hydrogen) atoms. The molecule has 0 unspecified atom stereocenters. The summed E-state index contributed by atoms with van der Waals surface area (Å²) in [6.07, 6.45) is 1.46. The molecule has 5 rings (SSSR count). The van der Waals surface area contributed by atoms with Gasteiger partial charge in [0, 0.05) is 28.6 Å². The third-order valence-electron chi connectivity index (χ3n) is 5.02. The van der Waals surface area contributed by atoms with Crippen LogP contribution in [0.15, 0.2) is 73.1 Å². The Balaban J connectivity index is 1.42. The number of benzene rings is 3. The summed E-state index contributed by atoms with van der Waals surface area (Å²) in [6, 6.07) is 19.2. The minimum Gasteiger partial charge on any atom is -0.348 e. The predicted molar refractivity (Wildman–Crippen MR) is 114 cm³/mol. The van der Waals surface area contributed by atoms with Gasteiger partial charge in [-0.3, -0.25) is 15.0 Å². The third kappa shape index (κ3) is 3.78. The molecule has 3 aromatic carbocycles. The molecule has 0 saturated heterocycles. The lowest BCUT2D eigenvalue weighted by Gasteiger charge is -2.07. The van der Waals surface area contributed by atoms with Gasteiger partial charge in [-0.05, 0) is 48.0 Å². The van der Waals surface area contributed by atoms with E-state index in [0.29, 0.717) is 17.9 Å². The highest BCUT2D eigenvalue weighted by Crippen LogP contribution is 2.29. The number of rotatable bonds is 5. The van der Waals surface area contributed by atoms with Crippen LogP contribution in [-0.4, -0.2) is 31.3 Å². The number of carbonyl (C=O) groups excluding carboxylic acids is 1. The highest BCUT2D eigenvalue weighted by atomic mass is 19.1. The normalized spacial score (nSPS) is 11.0. The van der Waals surface area contributed by atoms with Crippen LogP contribution in [0.1, 0.15) is 15.9 Å². The van der Waals surface area contributed by atoms with Crippen LogP contribution < -0.4 is 5.32 Å². The summed E-state index contributed by atoms with van der Waals surface area (Å²) in [5.41, 5.74) is 4.66. The lowest BCUT2D eigenvalue weighted by atomic mass is 10.0. The average Bonchev–Trinajstić information content (AvgIpc) is 3.48. The smallest absolute Gasteiger partial charge is 0.251 e.